The Kier molecular flexibility index (Phi) is 5.44. The lowest BCUT2D eigenvalue weighted by molar-refractivity contribution is 0.0777. The third kappa shape index (κ3) is 3.96. The van der Waals surface area contributed by atoms with Crippen molar-refractivity contribution in [2.45, 2.75) is 82.9 Å². The fourth-order valence-electron chi connectivity index (χ4n) is 3.01. The summed E-state index contributed by atoms with van der Waals surface area (Å²) in [4.78, 5) is 0.922. The summed E-state index contributed by atoms with van der Waals surface area (Å²) in [6.07, 6.45) is 1.93. The standard InChI is InChI=1S/C18H28FNOS/c1-12-10-14(18(3,4)5)11-13(2)17(12)22(20)21-16-9-7-6-8-15(16)19/h10-11,15-16,20H,6-9H2,1-5H3/t15-,16-,22?/m1/s1. The maximum absolute atomic E-state index is 13.9. The molecule has 1 N–H and O–H groups in total. The smallest absolute Gasteiger partial charge is 0.127 e. The molecule has 1 saturated carbocycles. The largest absolute Gasteiger partial charge is 0.296 e. The topological polar surface area (TPSA) is 33.1 Å². The molecule has 1 aromatic carbocycles. The van der Waals surface area contributed by atoms with E-state index >= 15 is 0 Å². The molecule has 0 spiro atoms. The summed E-state index contributed by atoms with van der Waals surface area (Å²) in [6, 6.07) is 4.29. The first-order valence-corrected chi connectivity index (χ1v) is 9.23. The maximum atomic E-state index is 13.9. The third-order valence-corrected chi connectivity index (χ3v) is 5.81. The maximum Gasteiger partial charge on any atom is 0.127 e. The first-order valence-electron chi connectivity index (χ1n) is 8.08. The number of halogens is 1. The highest BCUT2D eigenvalue weighted by molar-refractivity contribution is 7.81. The van der Waals surface area contributed by atoms with Gasteiger partial charge in [0.15, 0.2) is 0 Å². The minimum atomic E-state index is -1.10. The van der Waals surface area contributed by atoms with E-state index in [9.17, 15) is 4.39 Å². The van der Waals surface area contributed by atoms with Gasteiger partial charge in [0.25, 0.3) is 0 Å². The number of rotatable bonds is 3. The Labute approximate surface area is 136 Å². The molecule has 3 atom stereocenters. The Hall–Kier alpha value is -0.740. The first-order chi connectivity index (χ1) is 10.2. The lowest BCUT2D eigenvalue weighted by atomic mass is 9.85. The van der Waals surface area contributed by atoms with Crippen molar-refractivity contribution in [3.8, 4) is 0 Å². The number of aryl methyl sites for hydroxylation is 2. The summed E-state index contributed by atoms with van der Waals surface area (Å²) in [5.74, 6) is 0. The molecule has 1 aliphatic carbocycles. The number of benzene rings is 1. The van der Waals surface area contributed by atoms with Gasteiger partial charge in [-0.1, -0.05) is 45.7 Å². The second-order valence-corrected chi connectivity index (χ2v) is 8.53. The van der Waals surface area contributed by atoms with Gasteiger partial charge in [-0.3, -0.25) is 8.96 Å². The Balaban J connectivity index is 2.23. The zero-order valence-corrected chi connectivity index (χ0v) is 15.1. The normalized spacial score (nSPS) is 24.3. The van der Waals surface area contributed by atoms with Crippen molar-refractivity contribution in [1.82, 2.24) is 0 Å². The average Bonchev–Trinajstić information content (AvgIpc) is 2.39. The molecule has 0 bridgehead atoms. The van der Waals surface area contributed by atoms with Gasteiger partial charge >= 0.3 is 0 Å². The van der Waals surface area contributed by atoms with Crippen LogP contribution in [-0.4, -0.2) is 12.3 Å². The van der Waals surface area contributed by atoms with Crippen LogP contribution in [0.2, 0.25) is 0 Å². The molecule has 0 amide bonds. The quantitative estimate of drug-likeness (QED) is 0.776. The fourth-order valence-corrected chi connectivity index (χ4v) is 4.27. The van der Waals surface area contributed by atoms with Gasteiger partial charge in [-0.25, -0.2) is 4.39 Å². The molecule has 124 valence electrons. The summed E-state index contributed by atoms with van der Waals surface area (Å²) < 4.78 is 28.1. The van der Waals surface area contributed by atoms with E-state index in [1.165, 1.54) is 5.56 Å². The molecule has 22 heavy (non-hydrogen) atoms. The predicted molar refractivity (Wildman–Crippen MR) is 91.2 cm³/mol. The molecule has 4 heteroatoms. The summed E-state index contributed by atoms with van der Waals surface area (Å²) >= 11 is 0. The van der Waals surface area contributed by atoms with Crippen LogP contribution in [0.3, 0.4) is 0 Å². The van der Waals surface area contributed by atoms with Crippen molar-refractivity contribution in [2.24, 2.45) is 0 Å². The van der Waals surface area contributed by atoms with Crippen molar-refractivity contribution in [3.63, 3.8) is 0 Å². The van der Waals surface area contributed by atoms with Crippen LogP contribution in [0.25, 0.3) is 0 Å². The number of hydrogen-bond donors (Lipinski definition) is 1. The average molecular weight is 325 g/mol. The van der Waals surface area contributed by atoms with E-state index < -0.39 is 23.2 Å². The van der Waals surface area contributed by atoms with E-state index in [2.05, 4.69) is 32.9 Å². The van der Waals surface area contributed by atoms with Gasteiger partial charge in [0.05, 0.1) is 15.9 Å². The summed E-state index contributed by atoms with van der Waals surface area (Å²) in [5.41, 5.74) is 3.51. The van der Waals surface area contributed by atoms with Crippen molar-refractivity contribution >= 4 is 11.0 Å². The van der Waals surface area contributed by atoms with Gasteiger partial charge in [-0.15, -0.1) is 0 Å². The number of hydrogen-bond acceptors (Lipinski definition) is 2. The fraction of sp³-hybridized carbons (Fsp3) is 0.667. The molecule has 2 nitrogen and oxygen atoms in total. The first kappa shape index (κ1) is 17.6. The zero-order valence-electron chi connectivity index (χ0n) is 14.3. The molecule has 0 radical (unpaired) electrons. The lowest BCUT2D eigenvalue weighted by Crippen LogP contribution is -2.29. The predicted octanol–water partition coefficient (Wildman–Crippen LogP) is 5.55. The molecule has 1 unspecified atom stereocenters. The van der Waals surface area contributed by atoms with Crippen LogP contribution in [0.1, 0.15) is 63.1 Å². The molecule has 0 aromatic heterocycles. The van der Waals surface area contributed by atoms with Crippen LogP contribution in [0, 0.1) is 18.6 Å². The van der Waals surface area contributed by atoms with Gasteiger partial charge < -0.3 is 0 Å². The van der Waals surface area contributed by atoms with Crippen molar-refractivity contribution in [3.05, 3.63) is 28.8 Å². The SMILES string of the molecule is Cc1cc(C(C)(C)C)cc(C)c1S(=N)O[C@@H]1CCCC[C@H]1F. The van der Waals surface area contributed by atoms with Gasteiger partial charge in [0.1, 0.15) is 12.3 Å². The van der Waals surface area contributed by atoms with Crippen LogP contribution in [-0.2, 0) is 20.6 Å². The van der Waals surface area contributed by atoms with E-state index in [-0.39, 0.29) is 5.41 Å². The highest BCUT2D eigenvalue weighted by Crippen LogP contribution is 2.31. The minimum absolute atomic E-state index is 0.0863. The molecule has 2 rings (SSSR count). The summed E-state index contributed by atoms with van der Waals surface area (Å²) in [7, 11) is -1.10. The van der Waals surface area contributed by atoms with E-state index in [4.69, 9.17) is 8.96 Å². The van der Waals surface area contributed by atoms with E-state index in [0.717, 1.165) is 35.3 Å². The van der Waals surface area contributed by atoms with E-state index in [1.807, 2.05) is 13.8 Å². The van der Waals surface area contributed by atoms with Crippen LogP contribution >= 0.6 is 0 Å². The summed E-state index contributed by atoms with van der Waals surface area (Å²) in [5, 5.41) is 0. The zero-order chi connectivity index (χ0) is 16.5. The van der Waals surface area contributed by atoms with Crippen molar-refractivity contribution < 1.29 is 8.57 Å². The molecule has 1 fully saturated rings. The molecule has 0 heterocycles. The monoisotopic (exact) mass is 325 g/mol. The third-order valence-electron chi connectivity index (χ3n) is 4.35. The van der Waals surface area contributed by atoms with Crippen LogP contribution < -0.4 is 0 Å². The van der Waals surface area contributed by atoms with E-state index in [1.54, 1.807) is 0 Å². The Morgan fingerprint density at radius 3 is 2.18 bits per heavy atom. The van der Waals surface area contributed by atoms with Gasteiger partial charge in [0.2, 0.25) is 0 Å². The molecular formula is C18H28FNOS. The number of nitrogens with one attached hydrogen (secondary N) is 1. The molecule has 0 saturated heterocycles. The second kappa shape index (κ2) is 6.79. The van der Waals surface area contributed by atoms with Crippen LogP contribution in [0.15, 0.2) is 17.0 Å². The second-order valence-electron chi connectivity index (χ2n) is 7.39. The van der Waals surface area contributed by atoms with Gasteiger partial charge in [-0.05, 0) is 48.8 Å². The van der Waals surface area contributed by atoms with Gasteiger partial charge in [0, 0.05) is 0 Å². The van der Waals surface area contributed by atoms with Crippen LogP contribution in [0.5, 0.6) is 0 Å². The summed E-state index contributed by atoms with van der Waals surface area (Å²) in [6.45, 7) is 10.6. The highest BCUT2D eigenvalue weighted by atomic mass is 32.2. The Bertz CT molecular complexity index is 542. The Morgan fingerprint density at radius 2 is 1.68 bits per heavy atom. The van der Waals surface area contributed by atoms with Crippen molar-refractivity contribution in [1.29, 1.82) is 4.78 Å². The minimum Gasteiger partial charge on any atom is -0.296 e. The Morgan fingerprint density at radius 1 is 1.14 bits per heavy atom. The van der Waals surface area contributed by atoms with E-state index in [0.29, 0.717) is 6.42 Å². The number of alkyl halides is 1. The van der Waals surface area contributed by atoms with Crippen molar-refractivity contribution in [2.75, 3.05) is 0 Å². The highest BCUT2D eigenvalue weighted by Gasteiger charge is 2.28. The van der Waals surface area contributed by atoms with Crippen LogP contribution in [0.4, 0.5) is 4.39 Å². The molecule has 1 aliphatic rings. The van der Waals surface area contributed by atoms with Gasteiger partial charge in [-0.2, -0.15) is 0 Å². The molecule has 0 aliphatic heterocycles. The molecular weight excluding hydrogens is 297 g/mol. The lowest BCUT2D eigenvalue weighted by Gasteiger charge is -2.27. The molecule has 1 aromatic rings.